The highest BCUT2D eigenvalue weighted by molar-refractivity contribution is 5.95. The molecule has 0 spiro atoms. The Morgan fingerprint density at radius 2 is 0.831 bits per heavy atom. The van der Waals surface area contributed by atoms with E-state index in [1.807, 2.05) is 143 Å². The Morgan fingerprint density at radius 3 is 1.17 bits per heavy atom. The van der Waals surface area contributed by atoms with Crippen LogP contribution in [0.5, 0.6) is 0 Å². The molecule has 0 radical (unpaired) electrons. The molecule has 4 aromatic carbocycles. The van der Waals surface area contributed by atoms with E-state index in [0.717, 1.165) is 22.3 Å². The Labute approximate surface area is 484 Å². The average molecular weight is 1130 g/mol. The van der Waals surface area contributed by atoms with E-state index >= 15 is 0 Å². The Kier molecular flexibility index (Phi) is 18.8. The lowest BCUT2D eigenvalue weighted by molar-refractivity contribution is -0.145. The molecule has 10 atom stereocenters. The van der Waals surface area contributed by atoms with Gasteiger partial charge in [-0.1, -0.05) is 132 Å². The molecule has 0 aliphatic carbocycles. The highest BCUT2D eigenvalue weighted by atomic mass is 16.5. The van der Waals surface area contributed by atoms with Crippen LogP contribution in [0.15, 0.2) is 134 Å². The number of likely N-dealkylation sites (N-methyl/N-ethyl adjacent to an activating group) is 2. The summed E-state index contributed by atoms with van der Waals surface area (Å²) in [5.41, 5.74) is 4.85. The molecule has 436 valence electrons. The van der Waals surface area contributed by atoms with Crippen molar-refractivity contribution in [1.82, 2.24) is 71.7 Å². The molecule has 4 fully saturated rings. The highest BCUT2D eigenvalue weighted by Gasteiger charge is 2.48. The van der Waals surface area contributed by atoms with Gasteiger partial charge in [0.1, 0.15) is 35.6 Å². The van der Waals surface area contributed by atoms with Gasteiger partial charge >= 0.3 is 0 Å². The molecule has 21 heteroatoms. The Morgan fingerprint density at radius 1 is 0.494 bits per heavy atom. The van der Waals surface area contributed by atoms with E-state index < -0.39 is 48.3 Å². The molecular formula is C62H76N14O7. The number of nitrogens with one attached hydrogen (secondary N) is 6. The van der Waals surface area contributed by atoms with Crippen LogP contribution in [0.3, 0.4) is 0 Å². The van der Waals surface area contributed by atoms with E-state index in [4.69, 9.17) is 4.74 Å². The number of amides is 6. The molecular weight excluding hydrogens is 1050 g/mol. The Bertz CT molecular complexity index is 2880. The van der Waals surface area contributed by atoms with Crippen molar-refractivity contribution in [2.24, 2.45) is 0 Å². The largest absolute Gasteiger partial charge is 0.369 e. The van der Waals surface area contributed by atoms with Gasteiger partial charge in [0.25, 0.3) is 0 Å². The van der Waals surface area contributed by atoms with Crippen LogP contribution in [0.2, 0.25) is 0 Å². The summed E-state index contributed by atoms with van der Waals surface area (Å²) in [6, 6.07) is 32.9. The number of hydrogen-bond acceptors (Lipinski definition) is 13. The van der Waals surface area contributed by atoms with E-state index in [-0.39, 0.29) is 72.8 Å². The van der Waals surface area contributed by atoms with Gasteiger partial charge in [-0.2, -0.15) is 0 Å². The average Bonchev–Trinajstić information content (AvgIpc) is 4.52. The Hall–Kier alpha value is -8.14. The third-order valence-corrected chi connectivity index (χ3v) is 17.1. The number of hydrogen-bond donors (Lipinski definition) is 6. The van der Waals surface area contributed by atoms with E-state index in [1.54, 1.807) is 37.7 Å². The molecule has 6 amide bonds. The van der Waals surface area contributed by atoms with Crippen LogP contribution < -0.4 is 31.9 Å². The minimum atomic E-state index is -0.867. The molecule has 4 saturated heterocycles. The monoisotopic (exact) mass is 1130 g/mol. The van der Waals surface area contributed by atoms with Gasteiger partial charge in [0.15, 0.2) is 0 Å². The van der Waals surface area contributed by atoms with Crippen LogP contribution in [0.1, 0.15) is 136 Å². The minimum absolute atomic E-state index is 0.119. The molecule has 4 aliphatic heterocycles. The van der Waals surface area contributed by atoms with Crippen LogP contribution in [-0.4, -0.2) is 138 Å². The third-order valence-electron chi connectivity index (χ3n) is 17.1. The number of aromatic nitrogens is 6. The van der Waals surface area contributed by atoms with Gasteiger partial charge in [0.2, 0.25) is 35.4 Å². The molecule has 6 heterocycles. The summed E-state index contributed by atoms with van der Waals surface area (Å²) in [4.78, 5) is 88.4. The maximum absolute atomic E-state index is 14.6. The molecule has 4 aliphatic rings. The summed E-state index contributed by atoms with van der Waals surface area (Å²) in [7, 11) is 3.38. The SMILES string of the molecule is CN[C@@H](C)C(=O)N[C@H]1CC[C@H](n2cc(COCc3cn([C@H]4CC[C@H](NC(=O)[C@H](C)NC)C(=O)N5[C@H](CC[C@H]5C(=O)NC(c5ccccc5)c5ccccc5)C4)nn3)nn2)C[C@H]2CC[C@@H](C(=O)NC(c3ccccc3)c3ccccc3)N2C1=O. The molecule has 0 saturated carbocycles. The second-order valence-corrected chi connectivity index (χ2v) is 22.5. The van der Waals surface area contributed by atoms with Crippen molar-refractivity contribution in [1.29, 1.82) is 0 Å². The molecule has 6 aromatic rings. The summed E-state index contributed by atoms with van der Waals surface area (Å²) >= 11 is 0. The van der Waals surface area contributed by atoms with Gasteiger partial charge in [-0.15, -0.1) is 10.2 Å². The molecule has 6 N–H and O–H groups in total. The van der Waals surface area contributed by atoms with Crippen LogP contribution in [-0.2, 0) is 46.7 Å². The lowest BCUT2D eigenvalue weighted by Crippen LogP contribution is -2.58. The zero-order valence-corrected chi connectivity index (χ0v) is 47.6. The maximum atomic E-state index is 14.6. The molecule has 0 bridgehead atoms. The lowest BCUT2D eigenvalue weighted by Gasteiger charge is -2.38. The first-order chi connectivity index (χ1) is 40.4. The number of fused-ring (bicyclic) bond motifs is 2. The van der Waals surface area contributed by atoms with Gasteiger partial charge in [0.05, 0.1) is 61.9 Å². The first-order valence-corrected chi connectivity index (χ1v) is 29.2. The zero-order chi connectivity index (χ0) is 58.0. The number of nitrogens with zero attached hydrogens (tertiary/aromatic N) is 8. The summed E-state index contributed by atoms with van der Waals surface area (Å²) < 4.78 is 9.81. The standard InChI is InChI=1S/C62H76N14O7/c1-39(63-3)57(77)65-51-29-25-47(33-49-27-31-53(75(49)61(51)81)59(79)67-55(41-17-9-5-10-18-41)42-19-11-6-12-20-42)73-35-45(69-71-73)37-83-38-46-36-74(72-70-46)48-26-30-52(66-58(78)40(2)64-4)62(82)76-50(34-48)28-32-54(76)60(80)68-56(43-21-13-7-14-22-43)44-23-15-8-16-24-44/h5-24,35-36,39-40,47-56,63-64H,25-34,37-38H2,1-4H3,(H,65,77)(H,66,78)(H,67,79)(H,68,80)/t39-,40-,47-,48-,49+,50+,51-,52-,53-,54-/m0/s1. The molecule has 83 heavy (non-hydrogen) atoms. The first-order valence-electron chi connectivity index (χ1n) is 29.2. The fraction of sp³-hybridized carbons (Fsp3) is 0.452. The van der Waals surface area contributed by atoms with Crippen molar-refractivity contribution in [2.45, 2.75) is 164 Å². The summed E-state index contributed by atoms with van der Waals surface area (Å²) in [5.74, 6) is -1.68. The van der Waals surface area contributed by atoms with Crippen molar-refractivity contribution < 1.29 is 33.5 Å². The summed E-state index contributed by atoms with van der Waals surface area (Å²) in [6.45, 7) is 3.71. The number of ether oxygens (including phenoxy) is 1. The second-order valence-electron chi connectivity index (χ2n) is 22.5. The van der Waals surface area contributed by atoms with Crippen molar-refractivity contribution in [3.8, 4) is 0 Å². The highest BCUT2D eigenvalue weighted by Crippen LogP contribution is 2.38. The van der Waals surface area contributed by atoms with Crippen molar-refractivity contribution in [3.05, 3.63) is 167 Å². The quantitative estimate of drug-likeness (QED) is 0.0605. The van der Waals surface area contributed by atoms with Gasteiger partial charge in [-0.05, 0) is 114 Å². The zero-order valence-electron chi connectivity index (χ0n) is 47.6. The van der Waals surface area contributed by atoms with E-state index in [2.05, 4.69) is 52.5 Å². The van der Waals surface area contributed by atoms with Gasteiger partial charge in [-0.3, -0.25) is 28.8 Å². The number of carbonyl (C=O) groups is 6. The second kappa shape index (κ2) is 26.8. The predicted molar refractivity (Wildman–Crippen MR) is 308 cm³/mol. The van der Waals surface area contributed by atoms with Crippen LogP contribution in [0.4, 0.5) is 0 Å². The normalized spacial score (nSPS) is 23.5. The van der Waals surface area contributed by atoms with Crippen molar-refractivity contribution in [3.63, 3.8) is 0 Å². The Balaban J connectivity index is 0.805. The molecule has 10 rings (SSSR count). The predicted octanol–water partition coefficient (Wildman–Crippen LogP) is 4.75. The smallest absolute Gasteiger partial charge is 0.246 e. The molecule has 2 aromatic heterocycles. The minimum Gasteiger partial charge on any atom is -0.369 e. The fourth-order valence-electron chi connectivity index (χ4n) is 12.4. The van der Waals surface area contributed by atoms with E-state index in [1.165, 1.54) is 0 Å². The topological polar surface area (TPSA) is 252 Å². The van der Waals surface area contributed by atoms with Crippen LogP contribution >= 0.6 is 0 Å². The number of carbonyl (C=O) groups excluding carboxylic acids is 6. The number of rotatable bonds is 20. The van der Waals surface area contributed by atoms with E-state index in [9.17, 15) is 28.8 Å². The van der Waals surface area contributed by atoms with Crippen LogP contribution in [0, 0.1) is 0 Å². The summed E-state index contributed by atoms with van der Waals surface area (Å²) in [5, 5.41) is 36.6. The van der Waals surface area contributed by atoms with Gasteiger partial charge in [-0.25, -0.2) is 9.36 Å². The molecule has 0 unspecified atom stereocenters. The number of benzene rings is 4. The van der Waals surface area contributed by atoms with Crippen LogP contribution in [0.25, 0.3) is 0 Å². The summed E-state index contributed by atoms with van der Waals surface area (Å²) in [6.07, 6.45) is 8.55. The van der Waals surface area contributed by atoms with Crippen molar-refractivity contribution >= 4 is 35.4 Å². The van der Waals surface area contributed by atoms with Crippen molar-refractivity contribution in [2.75, 3.05) is 14.1 Å². The molecule has 21 nitrogen and oxygen atoms in total. The maximum Gasteiger partial charge on any atom is 0.246 e. The lowest BCUT2D eigenvalue weighted by atomic mass is 9.94. The van der Waals surface area contributed by atoms with E-state index in [0.29, 0.717) is 75.6 Å². The van der Waals surface area contributed by atoms with Gasteiger partial charge < -0.3 is 46.4 Å². The third kappa shape index (κ3) is 13.5. The fourth-order valence-corrected chi connectivity index (χ4v) is 12.4. The van der Waals surface area contributed by atoms with Gasteiger partial charge in [0, 0.05) is 12.1 Å². The first kappa shape index (κ1) is 58.1.